The molecule has 22 aromatic rings. The number of aryl methyl sites for hydroxylation is 5. The van der Waals surface area contributed by atoms with Crippen molar-refractivity contribution in [1.82, 2.24) is 37.4 Å². The first-order valence-corrected chi connectivity index (χ1v) is 37.1. The standard InChI is InChI=1S/C32H20N2O2.C23H17FN2O2.C22H16N2O2.C20H12N2O2/c35-31-23-15-7-9-17-27(23)33(21-11-3-1-4-12-21)29-19-26-30(20-25(29)31)34(22-13-5-2-6-14-22)28-18-10-8-16-24(28)32(26)36;1-12-4-6-18-14(8-12)22(27)16-10-21-17(11-20(16)25(18)2)23(28)15-9-13(24)5-7-19(15)26(21)3;1-23-17-9-5-3-7-13(17)21(25)15-12-20-16(11-19(15)23)22(26)14-8-4-6-10-18(14)24(20)2;23-19-11-5-1-3-7-15(11)21-17-10-14-18(9-13(17)19)22-16-8-4-2-6-12(16)20(14)24/h1-20H;4-11H,1-3H3;3-12H,1-2H3;1-10H,(H,21,23)(H,22,24). The van der Waals surface area contributed by atoms with Gasteiger partial charge < -0.3 is 37.4 Å². The average molecular weight is 1490 g/mol. The van der Waals surface area contributed by atoms with Gasteiger partial charge in [-0.15, -0.1) is 0 Å². The number of benzene rings is 14. The Kier molecular flexibility index (Phi) is 16.3. The number of halogens is 1. The number of H-pyrrole nitrogens is 2. The van der Waals surface area contributed by atoms with Crippen LogP contribution in [0.5, 0.6) is 0 Å². The molecule has 0 aliphatic heterocycles. The van der Waals surface area contributed by atoms with E-state index >= 15 is 0 Å². The normalized spacial score (nSPS) is 11.7. The highest BCUT2D eigenvalue weighted by molar-refractivity contribution is 6.09. The van der Waals surface area contributed by atoms with Crippen molar-refractivity contribution >= 4 is 174 Å². The Balaban J connectivity index is 0.000000103. The molecule has 0 aliphatic carbocycles. The van der Waals surface area contributed by atoms with Gasteiger partial charge >= 0.3 is 0 Å². The first-order valence-electron chi connectivity index (χ1n) is 37.1. The van der Waals surface area contributed by atoms with E-state index in [1.165, 1.54) is 12.1 Å². The van der Waals surface area contributed by atoms with Crippen molar-refractivity contribution < 1.29 is 4.39 Å². The minimum Gasteiger partial charge on any atom is -0.354 e. The van der Waals surface area contributed by atoms with Crippen LogP contribution in [-0.4, -0.2) is 37.4 Å². The molecule has 0 spiro atoms. The average Bonchev–Trinajstić information content (AvgIpc) is 0.630. The van der Waals surface area contributed by atoms with Crippen LogP contribution >= 0.6 is 0 Å². The fourth-order valence-corrected chi connectivity index (χ4v) is 16.7. The van der Waals surface area contributed by atoms with Gasteiger partial charge in [-0.05, 0) is 183 Å². The summed E-state index contributed by atoms with van der Waals surface area (Å²) in [6.45, 7) is 1.96. The van der Waals surface area contributed by atoms with Crippen LogP contribution in [-0.2, 0) is 28.2 Å². The van der Waals surface area contributed by atoms with Crippen molar-refractivity contribution in [2.24, 2.45) is 28.2 Å². The highest BCUT2D eigenvalue weighted by Crippen LogP contribution is 2.33. The van der Waals surface area contributed by atoms with E-state index in [0.717, 1.165) is 66.6 Å². The number of rotatable bonds is 2. The molecule has 8 heterocycles. The third-order valence-corrected chi connectivity index (χ3v) is 22.4. The molecule has 548 valence electrons. The second-order valence-electron chi connectivity index (χ2n) is 28.9. The number of nitrogens with one attached hydrogen (secondary N) is 2. The number of aromatic nitrogens is 8. The lowest BCUT2D eigenvalue weighted by molar-refractivity contribution is 0.629. The number of hydrogen-bond acceptors (Lipinski definition) is 8. The number of hydrogen-bond donors (Lipinski definition) is 2. The van der Waals surface area contributed by atoms with E-state index in [2.05, 4.69) is 19.1 Å². The van der Waals surface area contributed by atoms with Crippen LogP contribution in [0.15, 0.2) is 330 Å². The zero-order valence-electron chi connectivity index (χ0n) is 62.0. The molecule has 17 heteroatoms. The Morgan fingerprint density at radius 3 is 0.860 bits per heavy atom. The summed E-state index contributed by atoms with van der Waals surface area (Å²) in [7, 11) is 7.57. The molecule has 22 rings (SSSR count). The van der Waals surface area contributed by atoms with Crippen molar-refractivity contribution in [3.05, 3.63) is 384 Å². The van der Waals surface area contributed by atoms with Crippen molar-refractivity contribution in [2.45, 2.75) is 6.92 Å². The summed E-state index contributed by atoms with van der Waals surface area (Å²) in [5, 5.41) is 9.52. The number of pyridine rings is 8. The highest BCUT2D eigenvalue weighted by atomic mass is 19.1. The lowest BCUT2D eigenvalue weighted by atomic mass is 10.0. The molecule has 2 N–H and O–H groups in total. The Hall–Kier alpha value is -15.2. The molecule has 0 radical (unpaired) electrons. The Labute approximate surface area is 643 Å². The van der Waals surface area contributed by atoms with Crippen LogP contribution in [0.1, 0.15) is 5.56 Å². The molecular weight excluding hydrogens is 1420 g/mol. The molecule has 114 heavy (non-hydrogen) atoms. The smallest absolute Gasteiger partial charge is 0.197 e. The summed E-state index contributed by atoms with van der Waals surface area (Å²) in [5.41, 5.74) is 14.4. The van der Waals surface area contributed by atoms with E-state index in [-0.39, 0.29) is 43.4 Å². The van der Waals surface area contributed by atoms with E-state index in [0.29, 0.717) is 125 Å². The molecule has 0 saturated heterocycles. The van der Waals surface area contributed by atoms with Crippen LogP contribution in [0.3, 0.4) is 0 Å². The van der Waals surface area contributed by atoms with Gasteiger partial charge in [0, 0.05) is 137 Å². The van der Waals surface area contributed by atoms with Gasteiger partial charge in [0.1, 0.15) is 5.82 Å². The predicted octanol–water partition coefficient (Wildman–Crippen LogP) is 18.1. The van der Waals surface area contributed by atoms with Crippen LogP contribution in [0.25, 0.3) is 186 Å². The fourth-order valence-electron chi connectivity index (χ4n) is 16.7. The quantitative estimate of drug-likeness (QED) is 0.159. The number of nitrogens with zero attached hydrogens (tertiary/aromatic N) is 6. The minimum atomic E-state index is -0.446. The lowest BCUT2D eigenvalue weighted by Crippen LogP contribution is -2.14. The minimum absolute atomic E-state index is 0.00351. The zero-order chi connectivity index (χ0) is 78.2. The van der Waals surface area contributed by atoms with E-state index < -0.39 is 5.82 Å². The maximum Gasteiger partial charge on any atom is 0.197 e. The molecule has 0 amide bonds. The first-order chi connectivity index (χ1) is 55.4. The molecule has 0 atom stereocenters. The molecule has 14 aromatic carbocycles. The van der Waals surface area contributed by atoms with Gasteiger partial charge in [-0.3, -0.25) is 38.4 Å². The van der Waals surface area contributed by atoms with Crippen LogP contribution in [0.2, 0.25) is 0 Å². The SMILES string of the molecule is Cc1ccc2c(c1)c(=O)c1cc3c(cc1n2C)c(=O)c1cc(F)ccc1n3C.Cn1c2ccccc2c(=O)c2cc3c(cc21)c(=O)c1ccccc1n3C.O=c1c2ccccc2[nH]c2cc3c(=O)c4ccccc4[nH]c3cc12.O=c1c2ccccc2n(-c2ccccc2)c2cc3c(=O)c4ccccc4n(-c4ccccc4)c3cc12. The lowest BCUT2D eigenvalue weighted by Gasteiger charge is -2.19. The molecule has 16 nitrogen and oxygen atoms in total. The molecule has 0 bridgehead atoms. The predicted molar refractivity (Wildman–Crippen MR) is 464 cm³/mol. The number of aromatic amines is 2. The Morgan fingerprint density at radius 2 is 0.474 bits per heavy atom. The summed E-state index contributed by atoms with van der Waals surface area (Å²) in [4.78, 5) is 112. The van der Waals surface area contributed by atoms with Gasteiger partial charge in [0.2, 0.25) is 0 Å². The van der Waals surface area contributed by atoms with Crippen molar-refractivity contribution in [2.75, 3.05) is 0 Å². The summed E-state index contributed by atoms with van der Waals surface area (Å²) in [6.07, 6.45) is 0. The van der Waals surface area contributed by atoms with Crippen LogP contribution in [0, 0.1) is 12.7 Å². The third-order valence-electron chi connectivity index (χ3n) is 22.4. The highest BCUT2D eigenvalue weighted by Gasteiger charge is 2.22. The molecule has 0 fully saturated rings. The summed E-state index contributed by atoms with van der Waals surface area (Å²) in [6, 6.07) is 89.7. The summed E-state index contributed by atoms with van der Waals surface area (Å²) >= 11 is 0. The third kappa shape index (κ3) is 10.9. The Morgan fingerprint density at radius 1 is 0.211 bits per heavy atom. The van der Waals surface area contributed by atoms with E-state index in [4.69, 9.17) is 0 Å². The van der Waals surface area contributed by atoms with E-state index in [9.17, 15) is 42.7 Å². The zero-order valence-corrected chi connectivity index (χ0v) is 62.0. The maximum absolute atomic E-state index is 13.8. The van der Waals surface area contributed by atoms with Gasteiger partial charge in [-0.1, -0.05) is 121 Å². The topological polar surface area (TPSA) is 198 Å². The fraction of sp³-hybridized carbons (Fsp3) is 0.0515. The summed E-state index contributed by atoms with van der Waals surface area (Å²) < 4.78 is 25.6. The van der Waals surface area contributed by atoms with E-state index in [1.807, 2.05) is 290 Å². The van der Waals surface area contributed by atoms with Crippen molar-refractivity contribution in [3.8, 4) is 11.4 Å². The monoisotopic (exact) mass is 1490 g/mol. The largest absolute Gasteiger partial charge is 0.354 e. The number of fused-ring (bicyclic) bond motifs is 16. The van der Waals surface area contributed by atoms with Gasteiger partial charge in [0.25, 0.3) is 0 Å². The van der Waals surface area contributed by atoms with Gasteiger partial charge in [-0.2, -0.15) is 0 Å². The van der Waals surface area contributed by atoms with Gasteiger partial charge in [-0.25, -0.2) is 4.39 Å². The second-order valence-corrected chi connectivity index (χ2v) is 28.9. The van der Waals surface area contributed by atoms with Crippen LogP contribution in [0.4, 0.5) is 4.39 Å². The van der Waals surface area contributed by atoms with E-state index in [1.54, 1.807) is 42.5 Å². The number of para-hydroxylation sites is 8. The van der Waals surface area contributed by atoms with Crippen LogP contribution < -0.4 is 43.4 Å². The second kappa shape index (κ2) is 26.8. The van der Waals surface area contributed by atoms with Gasteiger partial charge in [0.05, 0.1) is 77.2 Å². The molecule has 0 unspecified atom stereocenters. The first kappa shape index (κ1) is 69.2. The molecule has 0 saturated carbocycles. The summed E-state index contributed by atoms with van der Waals surface area (Å²) in [5.74, 6) is -0.446. The molecule has 0 aliphatic rings. The van der Waals surface area contributed by atoms with Crippen molar-refractivity contribution in [1.29, 1.82) is 0 Å². The molecule has 8 aromatic heterocycles. The molecular formula is C97H65FN8O8. The Bertz CT molecular complexity index is 8030. The van der Waals surface area contributed by atoms with Crippen molar-refractivity contribution in [3.63, 3.8) is 0 Å². The van der Waals surface area contributed by atoms with Gasteiger partial charge in [0.15, 0.2) is 43.4 Å². The maximum atomic E-state index is 13.8.